The van der Waals surface area contributed by atoms with Gasteiger partial charge in [-0.25, -0.2) is 0 Å². The minimum atomic E-state index is -0.714. The molecule has 1 aliphatic heterocycles. The fourth-order valence-electron chi connectivity index (χ4n) is 3.17. The maximum Gasteiger partial charge on any atom is 0.256 e. The number of hydrogen-bond acceptors (Lipinski definition) is 5. The summed E-state index contributed by atoms with van der Waals surface area (Å²) >= 11 is 0. The first-order valence-corrected chi connectivity index (χ1v) is 8.81. The molecule has 1 aromatic heterocycles. The summed E-state index contributed by atoms with van der Waals surface area (Å²) in [4.78, 5) is 12.8. The van der Waals surface area contributed by atoms with Gasteiger partial charge >= 0.3 is 0 Å². The lowest BCUT2D eigenvalue weighted by molar-refractivity contribution is -0.0919. The molecule has 2 N–H and O–H groups in total. The highest BCUT2D eigenvalue weighted by Crippen LogP contribution is 2.30. The third-order valence-corrected chi connectivity index (χ3v) is 4.75. The SMILES string of the molecule is Cc1oc2ccc(OCc3ccccc3)cc2c1C(=O)NC1(CO)COC1. The highest BCUT2D eigenvalue weighted by atomic mass is 16.5. The molecule has 0 aliphatic carbocycles. The number of carbonyl (C=O) groups is 1. The molecule has 2 aromatic carbocycles. The molecular formula is C21H21NO5. The molecular weight excluding hydrogens is 346 g/mol. The zero-order valence-corrected chi connectivity index (χ0v) is 15.0. The summed E-state index contributed by atoms with van der Waals surface area (Å²) in [6, 6.07) is 15.3. The topological polar surface area (TPSA) is 80.9 Å². The second-order valence-electron chi connectivity index (χ2n) is 6.85. The molecule has 0 atom stereocenters. The molecule has 0 bridgehead atoms. The maximum atomic E-state index is 12.8. The van der Waals surface area contributed by atoms with Gasteiger partial charge in [-0.15, -0.1) is 0 Å². The van der Waals surface area contributed by atoms with Gasteiger partial charge in [-0.05, 0) is 30.7 Å². The van der Waals surface area contributed by atoms with E-state index in [-0.39, 0.29) is 12.5 Å². The van der Waals surface area contributed by atoms with Crippen LogP contribution < -0.4 is 10.1 Å². The quantitative estimate of drug-likeness (QED) is 0.700. The summed E-state index contributed by atoms with van der Waals surface area (Å²) in [6.45, 7) is 2.63. The molecule has 1 amide bonds. The Morgan fingerprint density at radius 3 is 2.67 bits per heavy atom. The van der Waals surface area contributed by atoms with Crippen LogP contribution in [0, 0.1) is 6.92 Å². The molecule has 0 spiro atoms. The third kappa shape index (κ3) is 3.41. The number of aliphatic hydroxyl groups is 1. The monoisotopic (exact) mass is 367 g/mol. The predicted molar refractivity (Wildman–Crippen MR) is 99.8 cm³/mol. The first kappa shape index (κ1) is 17.6. The summed E-state index contributed by atoms with van der Waals surface area (Å²) in [6.07, 6.45) is 0. The van der Waals surface area contributed by atoms with Crippen molar-refractivity contribution in [2.75, 3.05) is 19.8 Å². The van der Waals surface area contributed by atoms with Crippen LogP contribution in [0.1, 0.15) is 21.7 Å². The normalized spacial score (nSPS) is 15.3. The van der Waals surface area contributed by atoms with Crippen LogP contribution in [0.5, 0.6) is 5.75 Å². The van der Waals surface area contributed by atoms with Crippen molar-refractivity contribution in [1.82, 2.24) is 5.32 Å². The average Bonchev–Trinajstić information content (AvgIpc) is 2.99. The van der Waals surface area contributed by atoms with Gasteiger partial charge in [-0.1, -0.05) is 30.3 Å². The number of amides is 1. The Morgan fingerprint density at radius 2 is 2.00 bits per heavy atom. The van der Waals surface area contributed by atoms with Crippen molar-refractivity contribution in [2.45, 2.75) is 19.1 Å². The van der Waals surface area contributed by atoms with Crippen molar-refractivity contribution in [3.63, 3.8) is 0 Å². The number of ether oxygens (including phenoxy) is 2. The molecule has 0 saturated carbocycles. The second-order valence-corrected chi connectivity index (χ2v) is 6.85. The van der Waals surface area contributed by atoms with Gasteiger partial charge in [-0.3, -0.25) is 4.79 Å². The minimum absolute atomic E-state index is 0.168. The van der Waals surface area contributed by atoms with Crippen LogP contribution in [0.4, 0.5) is 0 Å². The zero-order valence-electron chi connectivity index (χ0n) is 15.0. The van der Waals surface area contributed by atoms with Crippen molar-refractivity contribution in [2.24, 2.45) is 0 Å². The van der Waals surface area contributed by atoms with Crippen molar-refractivity contribution in [1.29, 1.82) is 0 Å². The third-order valence-electron chi connectivity index (χ3n) is 4.75. The van der Waals surface area contributed by atoms with Gasteiger partial charge in [0.05, 0.1) is 25.4 Å². The molecule has 3 aromatic rings. The smallest absolute Gasteiger partial charge is 0.256 e. The number of aliphatic hydroxyl groups excluding tert-OH is 1. The van der Waals surface area contributed by atoms with Crippen molar-refractivity contribution >= 4 is 16.9 Å². The predicted octanol–water partition coefficient (Wildman–Crippen LogP) is 2.81. The van der Waals surface area contributed by atoms with Crippen LogP contribution in [0.15, 0.2) is 52.9 Å². The Bertz CT molecular complexity index is 954. The number of carbonyl (C=O) groups excluding carboxylic acids is 1. The van der Waals surface area contributed by atoms with E-state index in [9.17, 15) is 9.90 Å². The number of fused-ring (bicyclic) bond motifs is 1. The number of nitrogens with one attached hydrogen (secondary N) is 1. The van der Waals surface area contributed by atoms with E-state index in [1.54, 1.807) is 13.0 Å². The molecule has 1 fully saturated rings. The molecule has 1 saturated heterocycles. The summed E-state index contributed by atoms with van der Waals surface area (Å²) < 4.78 is 16.7. The van der Waals surface area contributed by atoms with Crippen LogP contribution in [0.2, 0.25) is 0 Å². The van der Waals surface area contributed by atoms with E-state index in [0.29, 0.717) is 47.9 Å². The summed E-state index contributed by atoms with van der Waals surface area (Å²) in [5, 5.41) is 13.1. The van der Waals surface area contributed by atoms with Crippen LogP contribution in [0.25, 0.3) is 11.0 Å². The molecule has 0 radical (unpaired) electrons. The van der Waals surface area contributed by atoms with Gasteiger partial charge < -0.3 is 24.3 Å². The van der Waals surface area contributed by atoms with E-state index in [1.165, 1.54) is 0 Å². The molecule has 140 valence electrons. The number of benzene rings is 2. The number of furan rings is 1. The molecule has 1 aliphatic rings. The van der Waals surface area contributed by atoms with Gasteiger partial charge in [0.15, 0.2) is 0 Å². The van der Waals surface area contributed by atoms with Crippen molar-refractivity contribution < 1.29 is 23.8 Å². The lowest BCUT2D eigenvalue weighted by Gasteiger charge is -2.40. The van der Waals surface area contributed by atoms with Gasteiger partial charge in [0.2, 0.25) is 0 Å². The summed E-state index contributed by atoms with van der Waals surface area (Å²) in [7, 11) is 0. The first-order valence-electron chi connectivity index (χ1n) is 8.81. The highest BCUT2D eigenvalue weighted by Gasteiger charge is 2.40. The van der Waals surface area contributed by atoms with Crippen LogP contribution in [-0.4, -0.2) is 36.4 Å². The molecule has 0 unspecified atom stereocenters. The van der Waals surface area contributed by atoms with E-state index < -0.39 is 5.54 Å². The minimum Gasteiger partial charge on any atom is -0.489 e. The van der Waals surface area contributed by atoms with Crippen LogP contribution in [0.3, 0.4) is 0 Å². The summed E-state index contributed by atoms with van der Waals surface area (Å²) in [5.74, 6) is 0.893. The van der Waals surface area contributed by atoms with Gasteiger partial charge in [-0.2, -0.15) is 0 Å². The number of aryl methyl sites for hydroxylation is 1. The Labute approximate surface area is 156 Å². The number of hydrogen-bond donors (Lipinski definition) is 2. The molecule has 4 rings (SSSR count). The molecule has 6 heteroatoms. The van der Waals surface area contributed by atoms with Crippen LogP contribution >= 0.6 is 0 Å². The highest BCUT2D eigenvalue weighted by molar-refractivity contribution is 6.07. The molecule has 2 heterocycles. The zero-order chi connectivity index (χ0) is 18.9. The van der Waals surface area contributed by atoms with E-state index in [4.69, 9.17) is 13.9 Å². The van der Waals surface area contributed by atoms with Crippen LogP contribution in [-0.2, 0) is 11.3 Å². The summed E-state index contributed by atoms with van der Waals surface area (Å²) in [5.41, 5.74) is 1.42. The molecule has 6 nitrogen and oxygen atoms in total. The second kappa shape index (κ2) is 7.06. The largest absolute Gasteiger partial charge is 0.489 e. The fraction of sp³-hybridized carbons (Fsp3) is 0.286. The van der Waals surface area contributed by atoms with E-state index in [0.717, 1.165) is 5.56 Å². The van der Waals surface area contributed by atoms with Gasteiger partial charge in [0.1, 0.15) is 29.2 Å². The first-order chi connectivity index (χ1) is 13.1. The lowest BCUT2D eigenvalue weighted by Crippen LogP contribution is -2.64. The Hall–Kier alpha value is -2.83. The molecule has 27 heavy (non-hydrogen) atoms. The Morgan fingerprint density at radius 1 is 1.22 bits per heavy atom. The maximum absolute atomic E-state index is 12.8. The van der Waals surface area contributed by atoms with Gasteiger partial charge in [0, 0.05) is 5.39 Å². The Kier molecular flexibility index (Phi) is 4.59. The van der Waals surface area contributed by atoms with E-state index >= 15 is 0 Å². The van der Waals surface area contributed by atoms with Crippen molar-refractivity contribution in [3.05, 3.63) is 65.4 Å². The van der Waals surface area contributed by atoms with E-state index in [1.807, 2.05) is 42.5 Å². The standard InChI is InChI=1S/C21H21NO5/c1-14-19(20(24)22-21(11-23)12-25-13-21)17-9-16(7-8-18(17)27-14)26-10-15-5-3-2-4-6-15/h2-9,23H,10-13H2,1H3,(H,22,24). The van der Waals surface area contributed by atoms with Crippen molar-refractivity contribution in [3.8, 4) is 5.75 Å². The van der Waals surface area contributed by atoms with E-state index in [2.05, 4.69) is 5.32 Å². The fourth-order valence-corrected chi connectivity index (χ4v) is 3.17. The lowest BCUT2D eigenvalue weighted by atomic mass is 9.97. The Balaban J connectivity index is 1.59. The van der Waals surface area contributed by atoms with Gasteiger partial charge in [0.25, 0.3) is 5.91 Å². The average molecular weight is 367 g/mol. The number of rotatable bonds is 6.